The lowest BCUT2D eigenvalue weighted by Gasteiger charge is -2.05. The molecule has 0 aliphatic heterocycles. The van der Waals surface area contributed by atoms with Crippen LogP contribution in [0.2, 0.25) is 0 Å². The molecule has 0 radical (unpaired) electrons. The van der Waals surface area contributed by atoms with Crippen molar-refractivity contribution >= 4 is 29.2 Å². The minimum atomic E-state index is -0.512. The Morgan fingerprint density at radius 2 is 2.26 bits per heavy atom. The number of esters is 1. The molecule has 7 nitrogen and oxygen atoms in total. The van der Waals surface area contributed by atoms with Crippen molar-refractivity contribution in [3.63, 3.8) is 0 Å². The third-order valence-electron chi connectivity index (χ3n) is 3.05. The first kappa shape index (κ1) is 15.3. The van der Waals surface area contributed by atoms with Crippen molar-refractivity contribution < 1.29 is 9.53 Å². The third-order valence-corrected chi connectivity index (χ3v) is 3.95. The normalized spacial score (nSPS) is 10.8. The fourth-order valence-electron chi connectivity index (χ4n) is 2.01. The second-order valence-corrected chi connectivity index (χ2v) is 5.60. The Labute approximate surface area is 136 Å². The van der Waals surface area contributed by atoms with Crippen LogP contribution in [0.1, 0.15) is 23.0 Å². The summed E-state index contributed by atoms with van der Waals surface area (Å²) < 4.78 is 6.85. The standard InChI is InChI=1S/C15H15N5O2S/c1-2-22-14(21)11-7-17-15(19-13(11)16)23-9-10-8-20-6-4-3-5-12(20)18-10/h3-8H,2,9H2,1H3,(H2,16,17,19). The first-order chi connectivity index (χ1) is 11.2. The van der Waals surface area contributed by atoms with Gasteiger partial charge in [0.25, 0.3) is 0 Å². The summed E-state index contributed by atoms with van der Waals surface area (Å²) in [4.78, 5) is 24.4. The number of aromatic nitrogens is 4. The molecule has 0 atom stereocenters. The van der Waals surface area contributed by atoms with Gasteiger partial charge in [0.05, 0.1) is 12.3 Å². The van der Waals surface area contributed by atoms with Crippen LogP contribution in [0, 0.1) is 0 Å². The highest BCUT2D eigenvalue weighted by atomic mass is 32.2. The first-order valence-corrected chi connectivity index (χ1v) is 8.01. The Bertz CT molecular complexity index is 816. The lowest BCUT2D eigenvalue weighted by Crippen LogP contribution is -2.10. The summed E-state index contributed by atoms with van der Waals surface area (Å²) >= 11 is 1.41. The second kappa shape index (κ2) is 6.66. The van der Waals surface area contributed by atoms with Crippen LogP contribution in [-0.2, 0) is 10.5 Å². The van der Waals surface area contributed by atoms with Gasteiger partial charge in [-0.25, -0.2) is 19.7 Å². The number of pyridine rings is 1. The lowest BCUT2D eigenvalue weighted by atomic mass is 10.3. The summed E-state index contributed by atoms with van der Waals surface area (Å²) in [5.74, 6) is 0.220. The van der Waals surface area contributed by atoms with Crippen molar-refractivity contribution in [2.45, 2.75) is 17.8 Å². The number of nitrogens with two attached hydrogens (primary N) is 1. The van der Waals surface area contributed by atoms with E-state index in [9.17, 15) is 4.79 Å². The maximum Gasteiger partial charge on any atom is 0.343 e. The molecule has 3 aromatic heterocycles. The van der Waals surface area contributed by atoms with Crippen LogP contribution in [0.3, 0.4) is 0 Å². The zero-order chi connectivity index (χ0) is 16.2. The number of nitrogens with zero attached hydrogens (tertiary/aromatic N) is 4. The van der Waals surface area contributed by atoms with E-state index >= 15 is 0 Å². The average molecular weight is 329 g/mol. The lowest BCUT2D eigenvalue weighted by molar-refractivity contribution is 0.0526. The van der Waals surface area contributed by atoms with E-state index in [-0.39, 0.29) is 18.0 Å². The van der Waals surface area contributed by atoms with E-state index in [0.29, 0.717) is 10.9 Å². The van der Waals surface area contributed by atoms with Crippen molar-refractivity contribution in [2.24, 2.45) is 0 Å². The van der Waals surface area contributed by atoms with Crippen molar-refractivity contribution in [1.29, 1.82) is 0 Å². The van der Waals surface area contributed by atoms with Gasteiger partial charge < -0.3 is 14.9 Å². The maximum absolute atomic E-state index is 11.7. The molecule has 0 spiro atoms. The van der Waals surface area contributed by atoms with Gasteiger partial charge in [0.2, 0.25) is 0 Å². The van der Waals surface area contributed by atoms with E-state index < -0.39 is 5.97 Å². The van der Waals surface area contributed by atoms with Crippen LogP contribution in [0.4, 0.5) is 5.82 Å². The largest absolute Gasteiger partial charge is 0.462 e. The highest BCUT2D eigenvalue weighted by Gasteiger charge is 2.14. The first-order valence-electron chi connectivity index (χ1n) is 7.02. The van der Waals surface area contributed by atoms with Gasteiger partial charge in [-0.3, -0.25) is 0 Å². The van der Waals surface area contributed by atoms with Crippen LogP contribution >= 0.6 is 11.8 Å². The molecular weight excluding hydrogens is 314 g/mol. The smallest absolute Gasteiger partial charge is 0.343 e. The van der Waals surface area contributed by atoms with Gasteiger partial charge in [0.1, 0.15) is 17.0 Å². The van der Waals surface area contributed by atoms with E-state index in [1.807, 2.05) is 35.0 Å². The third kappa shape index (κ3) is 3.42. The molecule has 0 amide bonds. The molecule has 0 saturated carbocycles. The number of carbonyl (C=O) groups excluding carboxylic acids is 1. The molecule has 0 fully saturated rings. The number of thioether (sulfide) groups is 1. The summed E-state index contributed by atoms with van der Waals surface area (Å²) in [5, 5.41) is 0.493. The van der Waals surface area contributed by atoms with Crippen LogP contribution in [-0.4, -0.2) is 31.9 Å². The Kier molecular flexibility index (Phi) is 4.42. The molecule has 3 heterocycles. The number of anilines is 1. The van der Waals surface area contributed by atoms with E-state index in [2.05, 4.69) is 15.0 Å². The number of fused-ring (bicyclic) bond motifs is 1. The molecule has 3 rings (SSSR count). The number of hydrogen-bond donors (Lipinski definition) is 1. The molecule has 8 heteroatoms. The molecule has 3 aromatic rings. The van der Waals surface area contributed by atoms with E-state index in [0.717, 1.165) is 11.3 Å². The fourth-order valence-corrected chi connectivity index (χ4v) is 2.72. The van der Waals surface area contributed by atoms with Gasteiger partial charge in [-0.2, -0.15) is 0 Å². The number of rotatable bonds is 5. The highest BCUT2D eigenvalue weighted by Crippen LogP contribution is 2.21. The molecule has 0 aliphatic rings. The van der Waals surface area contributed by atoms with Gasteiger partial charge in [0, 0.05) is 24.3 Å². The van der Waals surface area contributed by atoms with E-state index in [4.69, 9.17) is 10.5 Å². The van der Waals surface area contributed by atoms with Gasteiger partial charge in [-0.15, -0.1) is 0 Å². The molecular formula is C15H15N5O2S. The summed E-state index contributed by atoms with van der Waals surface area (Å²) in [7, 11) is 0. The van der Waals surface area contributed by atoms with Gasteiger partial charge in [-0.1, -0.05) is 17.8 Å². The summed E-state index contributed by atoms with van der Waals surface area (Å²) in [6, 6.07) is 5.83. The molecule has 23 heavy (non-hydrogen) atoms. The topological polar surface area (TPSA) is 95.4 Å². The van der Waals surface area contributed by atoms with Crippen LogP contribution < -0.4 is 5.73 Å². The molecule has 0 bridgehead atoms. The molecule has 2 N–H and O–H groups in total. The maximum atomic E-state index is 11.7. The van der Waals surface area contributed by atoms with Gasteiger partial charge >= 0.3 is 5.97 Å². The summed E-state index contributed by atoms with van der Waals surface area (Å²) in [6.45, 7) is 2.01. The SMILES string of the molecule is CCOC(=O)c1cnc(SCc2cn3ccccc3n2)nc1N. The van der Waals surface area contributed by atoms with Gasteiger partial charge in [0.15, 0.2) is 5.16 Å². The molecule has 118 valence electrons. The number of imidazole rings is 1. The van der Waals surface area contributed by atoms with Crippen LogP contribution in [0.25, 0.3) is 5.65 Å². The van der Waals surface area contributed by atoms with E-state index in [1.165, 1.54) is 18.0 Å². The van der Waals surface area contributed by atoms with Gasteiger partial charge in [-0.05, 0) is 19.1 Å². The molecule has 0 saturated heterocycles. The monoisotopic (exact) mass is 329 g/mol. The average Bonchev–Trinajstić information content (AvgIpc) is 2.96. The van der Waals surface area contributed by atoms with Crippen LogP contribution in [0.5, 0.6) is 0 Å². The summed E-state index contributed by atoms with van der Waals surface area (Å²) in [6.07, 6.45) is 5.30. The zero-order valence-corrected chi connectivity index (χ0v) is 13.3. The predicted molar refractivity (Wildman–Crippen MR) is 87.2 cm³/mol. The van der Waals surface area contributed by atoms with E-state index in [1.54, 1.807) is 6.92 Å². The Morgan fingerprint density at radius 3 is 3.00 bits per heavy atom. The molecule has 0 unspecified atom stereocenters. The highest BCUT2D eigenvalue weighted by molar-refractivity contribution is 7.98. The zero-order valence-electron chi connectivity index (χ0n) is 12.5. The van der Waals surface area contributed by atoms with Crippen LogP contribution in [0.15, 0.2) is 41.9 Å². The predicted octanol–water partition coefficient (Wildman–Crippen LogP) is 2.18. The number of nitrogen functional groups attached to an aromatic ring is 1. The summed E-state index contributed by atoms with van der Waals surface area (Å²) in [5.41, 5.74) is 7.79. The van der Waals surface area contributed by atoms with Crippen molar-refractivity contribution in [3.05, 3.63) is 48.0 Å². The molecule has 0 aliphatic carbocycles. The molecule has 0 aromatic carbocycles. The number of carbonyl (C=O) groups is 1. The number of ether oxygens (including phenoxy) is 1. The quantitative estimate of drug-likeness (QED) is 0.435. The number of hydrogen-bond acceptors (Lipinski definition) is 7. The minimum absolute atomic E-state index is 0.121. The Hall–Kier alpha value is -2.61. The fraction of sp³-hybridized carbons (Fsp3) is 0.200. The van der Waals surface area contributed by atoms with Crippen molar-refractivity contribution in [2.75, 3.05) is 12.3 Å². The van der Waals surface area contributed by atoms with Crippen molar-refractivity contribution in [3.8, 4) is 0 Å². The van der Waals surface area contributed by atoms with Crippen molar-refractivity contribution in [1.82, 2.24) is 19.4 Å². The minimum Gasteiger partial charge on any atom is -0.462 e. The second-order valence-electron chi connectivity index (χ2n) is 4.66. The Balaban J connectivity index is 1.70. The Morgan fingerprint density at radius 1 is 1.39 bits per heavy atom.